The first-order chi connectivity index (χ1) is 13.5. The van der Waals surface area contributed by atoms with Crippen LogP contribution in [0.3, 0.4) is 0 Å². The number of thioether (sulfide) groups is 1. The summed E-state index contributed by atoms with van der Waals surface area (Å²) in [5.41, 5.74) is 1.30. The second-order valence-electron chi connectivity index (χ2n) is 10.1. The average molecular weight is 402 g/mol. The van der Waals surface area contributed by atoms with Crippen LogP contribution in [0.4, 0.5) is 0 Å². The minimum Gasteiger partial charge on any atom is -0.348 e. The van der Waals surface area contributed by atoms with E-state index < -0.39 is 5.79 Å². The third-order valence-corrected chi connectivity index (χ3v) is 9.54. The van der Waals surface area contributed by atoms with Gasteiger partial charge in [0.2, 0.25) is 0 Å². The second-order valence-corrected chi connectivity index (χ2v) is 11.4. The average Bonchev–Trinajstić information content (AvgIpc) is 3.21. The van der Waals surface area contributed by atoms with Crippen molar-refractivity contribution in [3.63, 3.8) is 0 Å². The van der Waals surface area contributed by atoms with Crippen LogP contribution in [0.2, 0.25) is 0 Å². The third-order valence-electron chi connectivity index (χ3n) is 7.65. The summed E-state index contributed by atoms with van der Waals surface area (Å²) in [6.45, 7) is 5.50. The second kappa shape index (κ2) is 6.45. The minimum atomic E-state index is -0.497. The molecule has 0 N–H and O–H groups in total. The van der Waals surface area contributed by atoms with E-state index in [0.29, 0.717) is 18.4 Å². The van der Waals surface area contributed by atoms with Crippen LogP contribution in [0.1, 0.15) is 51.5 Å². The highest BCUT2D eigenvalue weighted by molar-refractivity contribution is 8.01. The van der Waals surface area contributed by atoms with Crippen molar-refractivity contribution in [1.82, 2.24) is 5.06 Å². The molecule has 0 aromatic heterocycles. The highest BCUT2D eigenvalue weighted by Crippen LogP contribution is 2.67. The van der Waals surface area contributed by atoms with Gasteiger partial charge in [0.25, 0.3) is 0 Å². The van der Waals surface area contributed by atoms with Crippen molar-refractivity contribution in [1.29, 1.82) is 0 Å². The van der Waals surface area contributed by atoms with Crippen LogP contribution in [0, 0.1) is 23.7 Å². The number of hydroxylamine groups is 2. The molecule has 0 unspecified atom stereocenters. The van der Waals surface area contributed by atoms with Gasteiger partial charge in [-0.05, 0) is 63.4 Å². The fourth-order valence-corrected chi connectivity index (χ4v) is 8.50. The summed E-state index contributed by atoms with van der Waals surface area (Å²) in [4.78, 5) is 6.94. The number of benzene rings is 1. The first-order valence-electron chi connectivity index (χ1n) is 11.0. The quantitative estimate of drug-likeness (QED) is 0.726. The van der Waals surface area contributed by atoms with Gasteiger partial charge in [-0.3, -0.25) is 4.84 Å². The maximum absolute atomic E-state index is 6.98. The van der Waals surface area contributed by atoms with Crippen LogP contribution >= 0.6 is 11.8 Å². The van der Waals surface area contributed by atoms with Gasteiger partial charge in [0.1, 0.15) is 16.4 Å². The van der Waals surface area contributed by atoms with E-state index in [2.05, 4.69) is 47.2 Å². The Hall–Kier alpha value is -0.590. The van der Waals surface area contributed by atoms with E-state index in [0.717, 1.165) is 18.4 Å². The van der Waals surface area contributed by atoms with Gasteiger partial charge in [-0.15, -0.1) is 11.8 Å². The molecule has 5 heteroatoms. The topological polar surface area (TPSA) is 30.9 Å². The Kier molecular flexibility index (Phi) is 4.19. The Morgan fingerprint density at radius 1 is 1.00 bits per heavy atom. The molecule has 2 saturated heterocycles. The SMILES string of the molecule is CC1(C)OC[C@H]([C@H]2SC3(ON2Cc2ccccc2)C2CC4CC(C2)CC3C4)O1. The third kappa shape index (κ3) is 2.89. The Labute approximate surface area is 172 Å². The first-order valence-corrected chi connectivity index (χ1v) is 11.9. The molecule has 0 radical (unpaired) electrons. The van der Waals surface area contributed by atoms with E-state index in [1.807, 2.05) is 13.8 Å². The van der Waals surface area contributed by atoms with Gasteiger partial charge in [0.05, 0.1) is 13.2 Å². The standard InChI is InChI=1S/C23H31NO3S/c1-22(2)25-14-20(26-22)21-24(13-15-6-4-3-5-7-15)27-23(28-21)18-9-16-8-17(11-18)12-19(23)10-16/h3-7,16-21H,8-14H2,1-2H3/t16?,17?,18?,19?,20-,21-,23?/m1/s1. The van der Waals surface area contributed by atoms with Crippen LogP contribution in [-0.4, -0.2) is 33.9 Å². The van der Waals surface area contributed by atoms with E-state index in [9.17, 15) is 0 Å². The molecule has 1 aromatic carbocycles. The van der Waals surface area contributed by atoms with Crippen LogP contribution in [0.25, 0.3) is 0 Å². The van der Waals surface area contributed by atoms with E-state index in [4.69, 9.17) is 14.3 Å². The molecular weight excluding hydrogens is 370 g/mol. The van der Waals surface area contributed by atoms with Crippen molar-refractivity contribution in [3.05, 3.63) is 35.9 Å². The van der Waals surface area contributed by atoms with Crippen LogP contribution in [-0.2, 0) is 20.9 Å². The predicted molar refractivity (Wildman–Crippen MR) is 109 cm³/mol. The summed E-state index contributed by atoms with van der Waals surface area (Å²) in [5.74, 6) is 2.80. The molecule has 2 aliphatic heterocycles. The molecule has 4 nitrogen and oxygen atoms in total. The van der Waals surface area contributed by atoms with E-state index in [1.54, 1.807) is 0 Å². The molecule has 28 heavy (non-hydrogen) atoms. The number of hydrogen-bond acceptors (Lipinski definition) is 5. The number of ether oxygens (including phenoxy) is 2. The van der Waals surface area contributed by atoms with Crippen LogP contribution in [0.5, 0.6) is 0 Å². The first kappa shape index (κ1) is 18.2. The van der Waals surface area contributed by atoms with Gasteiger partial charge in [0, 0.05) is 11.8 Å². The maximum atomic E-state index is 6.98. The number of hydrogen-bond donors (Lipinski definition) is 0. The summed E-state index contributed by atoms with van der Waals surface area (Å²) in [7, 11) is 0. The zero-order valence-corrected chi connectivity index (χ0v) is 17.7. The smallest absolute Gasteiger partial charge is 0.163 e. The normalized spacial score (nSPS) is 46.6. The molecule has 0 amide bonds. The zero-order chi connectivity index (χ0) is 18.9. The summed E-state index contributed by atoms with van der Waals surface area (Å²) in [5, 5.41) is 2.44. The van der Waals surface area contributed by atoms with Gasteiger partial charge >= 0.3 is 0 Å². The fraction of sp³-hybridized carbons (Fsp3) is 0.739. The molecule has 2 heterocycles. The summed E-state index contributed by atoms with van der Waals surface area (Å²) >= 11 is 2.07. The van der Waals surface area contributed by atoms with E-state index in [1.165, 1.54) is 37.7 Å². The molecule has 2 atom stereocenters. The lowest BCUT2D eigenvalue weighted by molar-refractivity contribution is -0.275. The highest BCUT2D eigenvalue weighted by atomic mass is 32.2. The summed E-state index contributed by atoms with van der Waals surface area (Å²) in [6.07, 6.45) is 6.97. The van der Waals surface area contributed by atoms with Crippen molar-refractivity contribution in [2.75, 3.05) is 6.61 Å². The van der Waals surface area contributed by atoms with Crippen molar-refractivity contribution >= 4 is 11.8 Å². The molecule has 4 bridgehead atoms. The lowest BCUT2D eigenvalue weighted by Crippen LogP contribution is -2.56. The van der Waals surface area contributed by atoms with Gasteiger partial charge in [-0.1, -0.05) is 30.3 Å². The fourth-order valence-electron chi connectivity index (χ4n) is 6.69. The van der Waals surface area contributed by atoms with Gasteiger partial charge in [-0.25, -0.2) is 0 Å². The molecular formula is C23H31NO3S. The summed E-state index contributed by atoms with van der Waals surface area (Å²) < 4.78 is 12.3. The molecule has 1 spiro atoms. The molecule has 1 aromatic rings. The lowest BCUT2D eigenvalue weighted by Gasteiger charge is -2.58. The van der Waals surface area contributed by atoms with Gasteiger partial charge in [0.15, 0.2) is 5.79 Å². The number of nitrogens with zero attached hydrogens (tertiary/aromatic N) is 1. The Bertz CT molecular complexity index is 711. The van der Waals surface area contributed by atoms with Crippen molar-refractivity contribution in [2.24, 2.45) is 23.7 Å². The molecule has 6 fully saturated rings. The van der Waals surface area contributed by atoms with Gasteiger partial charge in [-0.2, -0.15) is 5.06 Å². The zero-order valence-electron chi connectivity index (χ0n) is 16.9. The highest BCUT2D eigenvalue weighted by Gasteiger charge is 2.65. The Balaban J connectivity index is 1.31. The molecule has 7 rings (SSSR count). The van der Waals surface area contributed by atoms with Crippen molar-refractivity contribution < 1.29 is 14.3 Å². The minimum absolute atomic E-state index is 0.0387. The Morgan fingerprint density at radius 3 is 2.29 bits per heavy atom. The Morgan fingerprint density at radius 2 is 1.68 bits per heavy atom. The predicted octanol–water partition coefficient (Wildman–Crippen LogP) is 4.80. The molecule has 152 valence electrons. The van der Waals surface area contributed by atoms with Crippen LogP contribution < -0.4 is 0 Å². The van der Waals surface area contributed by atoms with Crippen molar-refractivity contribution in [3.8, 4) is 0 Å². The number of rotatable bonds is 3. The van der Waals surface area contributed by atoms with E-state index in [-0.39, 0.29) is 16.4 Å². The molecule has 4 saturated carbocycles. The van der Waals surface area contributed by atoms with E-state index >= 15 is 0 Å². The summed E-state index contributed by atoms with van der Waals surface area (Å²) in [6, 6.07) is 10.7. The molecule has 4 aliphatic carbocycles. The largest absolute Gasteiger partial charge is 0.348 e. The van der Waals surface area contributed by atoms with Crippen molar-refractivity contribution in [2.45, 2.75) is 74.7 Å². The monoisotopic (exact) mass is 401 g/mol. The van der Waals surface area contributed by atoms with Crippen LogP contribution in [0.15, 0.2) is 30.3 Å². The molecule has 6 aliphatic rings. The maximum Gasteiger partial charge on any atom is 0.163 e. The lowest BCUT2D eigenvalue weighted by atomic mass is 9.54. The van der Waals surface area contributed by atoms with Gasteiger partial charge < -0.3 is 9.47 Å².